The van der Waals surface area contributed by atoms with Crippen LogP contribution in [0.25, 0.3) is 0 Å². The van der Waals surface area contributed by atoms with Crippen molar-refractivity contribution in [2.75, 3.05) is 7.11 Å². The molecule has 0 aliphatic rings. The minimum Gasteiger partial charge on any atom is -0.741 e. The summed E-state index contributed by atoms with van der Waals surface area (Å²) in [5.41, 5.74) is -3.80. The fraction of sp³-hybridized carbons (Fsp3) is 0.167. The lowest BCUT2D eigenvalue weighted by atomic mass is 10.2. The van der Waals surface area contributed by atoms with E-state index in [0.717, 1.165) is 17.0 Å². The van der Waals surface area contributed by atoms with Crippen LogP contribution in [0.15, 0.2) is 48.7 Å². The SMILES string of the molecule is C#CC[n+]1ccccc1C#Cc1ccc(OC)cc1.O=S(=O)([O-])C(F)(F)F. The summed E-state index contributed by atoms with van der Waals surface area (Å²) >= 11 is 0. The smallest absolute Gasteiger partial charge is 0.485 e. The molecular weight excluding hydrogens is 383 g/mol. The normalized spacial score (nSPS) is 10.5. The molecule has 0 saturated heterocycles. The van der Waals surface area contributed by atoms with Crippen molar-refractivity contribution in [3.8, 4) is 29.9 Å². The first-order valence-corrected chi connectivity index (χ1v) is 8.59. The van der Waals surface area contributed by atoms with Crippen LogP contribution in [-0.2, 0) is 16.7 Å². The summed E-state index contributed by atoms with van der Waals surface area (Å²) in [5, 5.41) is 0. The van der Waals surface area contributed by atoms with Crippen LogP contribution in [0.5, 0.6) is 5.75 Å². The van der Waals surface area contributed by atoms with Crippen LogP contribution in [0.4, 0.5) is 13.2 Å². The van der Waals surface area contributed by atoms with E-state index in [2.05, 4.69) is 17.8 Å². The summed E-state index contributed by atoms with van der Waals surface area (Å²) in [6, 6.07) is 13.5. The van der Waals surface area contributed by atoms with E-state index in [-0.39, 0.29) is 0 Å². The highest BCUT2D eigenvalue weighted by molar-refractivity contribution is 7.86. The third-order valence-electron chi connectivity index (χ3n) is 2.91. The van der Waals surface area contributed by atoms with Crippen LogP contribution >= 0.6 is 0 Å². The topological polar surface area (TPSA) is 70.3 Å². The highest BCUT2D eigenvalue weighted by atomic mass is 32.2. The van der Waals surface area contributed by atoms with Crippen molar-refractivity contribution in [3.63, 3.8) is 0 Å². The number of ether oxygens (including phenoxy) is 1. The summed E-state index contributed by atoms with van der Waals surface area (Å²) in [5.74, 6) is 9.69. The zero-order valence-corrected chi connectivity index (χ0v) is 14.8. The van der Waals surface area contributed by atoms with Crippen LogP contribution in [-0.4, -0.2) is 25.6 Å². The first-order valence-electron chi connectivity index (χ1n) is 7.18. The van der Waals surface area contributed by atoms with Crippen molar-refractivity contribution >= 4 is 10.1 Å². The molecule has 1 aromatic heterocycles. The molecule has 0 radical (unpaired) electrons. The average molecular weight is 397 g/mol. The van der Waals surface area contributed by atoms with E-state index in [9.17, 15) is 13.2 Å². The van der Waals surface area contributed by atoms with Crippen molar-refractivity contribution in [3.05, 3.63) is 59.9 Å². The molecule has 1 heterocycles. The predicted octanol–water partition coefficient (Wildman–Crippen LogP) is 2.07. The molecule has 0 bridgehead atoms. The van der Waals surface area contributed by atoms with Gasteiger partial charge in [-0.05, 0) is 36.3 Å². The van der Waals surface area contributed by atoms with Gasteiger partial charge in [0.25, 0.3) is 5.69 Å². The molecule has 0 spiro atoms. The van der Waals surface area contributed by atoms with Crippen LogP contribution in [0, 0.1) is 24.2 Å². The van der Waals surface area contributed by atoms with Gasteiger partial charge in [-0.3, -0.25) is 0 Å². The van der Waals surface area contributed by atoms with E-state index >= 15 is 0 Å². The highest BCUT2D eigenvalue weighted by Crippen LogP contribution is 2.20. The number of pyridine rings is 1. The highest BCUT2D eigenvalue weighted by Gasteiger charge is 2.36. The predicted molar refractivity (Wildman–Crippen MR) is 90.2 cm³/mol. The van der Waals surface area contributed by atoms with Crippen molar-refractivity contribution < 1.29 is 35.4 Å². The molecule has 27 heavy (non-hydrogen) atoms. The minimum absolute atomic E-state index is 0.521. The van der Waals surface area contributed by atoms with Gasteiger partial charge < -0.3 is 9.29 Å². The quantitative estimate of drug-likeness (QED) is 0.337. The lowest BCUT2D eigenvalue weighted by molar-refractivity contribution is -0.687. The maximum absolute atomic E-state index is 10.7. The monoisotopic (exact) mass is 397 g/mol. The maximum atomic E-state index is 10.7. The van der Waals surface area contributed by atoms with E-state index in [1.807, 2.05) is 53.2 Å². The second kappa shape index (κ2) is 9.62. The second-order valence-electron chi connectivity index (χ2n) is 4.80. The number of aromatic nitrogens is 1. The Morgan fingerprint density at radius 1 is 1.15 bits per heavy atom. The molecule has 1 aromatic carbocycles. The number of methoxy groups -OCH3 is 1. The van der Waals surface area contributed by atoms with Gasteiger partial charge in [-0.25, -0.2) is 8.42 Å². The molecule has 0 amide bonds. The zero-order valence-electron chi connectivity index (χ0n) is 14.0. The Balaban J connectivity index is 0.000000387. The van der Waals surface area contributed by atoms with Gasteiger partial charge in [-0.15, -0.1) is 6.42 Å². The Morgan fingerprint density at radius 3 is 2.22 bits per heavy atom. The first-order chi connectivity index (χ1) is 12.6. The molecule has 2 rings (SSSR count). The summed E-state index contributed by atoms with van der Waals surface area (Å²) in [7, 11) is -4.44. The fourth-order valence-electron chi connectivity index (χ4n) is 1.64. The Bertz CT molecular complexity index is 967. The van der Waals surface area contributed by atoms with E-state index in [4.69, 9.17) is 24.1 Å². The fourth-order valence-corrected chi connectivity index (χ4v) is 1.64. The second-order valence-corrected chi connectivity index (χ2v) is 6.17. The van der Waals surface area contributed by atoms with E-state index in [1.165, 1.54) is 0 Å². The van der Waals surface area contributed by atoms with E-state index in [0.29, 0.717) is 6.54 Å². The molecule has 0 aliphatic heterocycles. The number of hydrogen-bond donors (Lipinski definition) is 0. The van der Waals surface area contributed by atoms with Gasteiger partial charge in [0.1, 0.15) is 5.75 Å². The standard InChI is InChI=1S/C17H14NO.CHF3O3S/c1-3-13-18-14-5-4-6-16(18)10-7-15-8-11-17(19-2)12-9-15;2-1(3,4)8(5,6)7/h1,4-6,8-9,11-12,14H,13H2,2H3;(H,5,6,7)/q+1;/p-1. The van der Waals surface area contributed by atoms with Crippen LogP contribution in [0.3, 0.4) is 0 Å². The van der Waals surface area contributed by atoms with Crippen molar-refractivity contribution in [1.29, 1.82) is 0 Å². The molecule has 2 aromatic rings. The molecule has 0 atom stereocenters. The molecule has 0 fully saturated rings. The zero-order chi connectivity index (χ0) is 20.5. The van der Waals surface area contributed by atoms with Gasteiger partial charge >= 0.3 is 5.51 Å². The molecule has 5 nitrogen and oxygen atoms in total. The Morgan fingerprint density at radius 2 is 1.74 bits per heavy atom. The van der Waals surface area contributed by atoms with E-state index < -0.39 is 15.6 Å². The van der Waals surface area contributed by atoms with Gasteiger partial charge in [0.05, 0.1) is 7.11 Å². The van der Waals surface area contributed by atoms with Crippen molar-refractivity contribution in [1.82, 2.24) is 0 Å². The maximum Gasteiger partial charge on any atom is 0.485 e. The summed E-state index contributed by atoms with van der Waals surface area (Å²) in [4.78, 5) is 0. The van der Waals surface area contributed by atoms with Gasteiger partial charge in [-0.1, -0.05) is 5.92 Å². The lowest BCUT2D eigenvalue weighted by Gasteiger charge is -2.08. The molecule has 0 N–H and O–H groups in total. The summed E-state index contributed by atoms with van der Waals surface area (Å²) < 4.78 is 66.0. The number of terminal acetylenes is 1. The molecule has 142 valence electrons. The minimum atomic E-state index is -6.09. The van der Waals surface area contributed by atoms with Crippen molar-refractivity contribution in [2.45, 2.75) is 12.1 Å². The van der Waals surface area contributed by atoms with Gasteiger partial charge in [0.15, 0.2) is 16.3 Å². The summed E-state index contributed by atoms with van der Waals surface area (Å²) in [6.45, 7) is 0.521. The van der Waals surface area contributed by atoms with Gasteiger partial charge in [0, 0.05) is 23.6 Å². The number of hydrogen-bond acceptors (Lipinski definition) is 4. The molecule has 0 saturated carbocycles. The van der Waals surface area contributed by atoms with E-state index in [1.54, 1.807) is 7.11 Å². The number of benzene rings is 1. The third kappa shape index (κ3) is 7.40. The number of nitrogens with zero attached hydrogens (tertiary/aromatic N) is 1. The van der Waals surface area contributed by atoms with Crippen molar-refractivity contribution in [2.24, 2.45) is 0 Å². The third-order valence-corrected chi connectivity index (χ3v) is 3.48. The first kappa shape index (κ1) is 22.0. The lowest BCUT2D eigenvalue weighted by Crippen LogP contribution is -2.36. The average Bonchev–Trinajstić information content (AvgIpc) is 2.60. The largest absolute Gasteiger partial charge is 0.741 e. The van der Waals surface area contributed by atoms with Crippen LogP contribution < -0.4 is 9.30 Å². The number of rotatable bonds is 2. The molecular formula is C18H14F3NO4S. The van der Waals surface area contributed by atoms with Crippen LogP contribution in [0.1, 0.15) is 11.3 Å². The molecule has 0 unspecified atom stereocenters. The summed E-state index contributed by atoms with van der Waals surface area (Å²) in [6.07, 6.45) is 7.26. The number of alkyl halides is 3. The number of halogens is 3. The molecule has 9 heteroatoms. The Kier molecular flexibility index (Phi) is 7.85. The Hall–Kier alpha value is -3.01. The van der Waals surface area contributed by atoms with Gasteiger partial charge in [0.2, 0.25) is 6.54 Å². The van der Waals surface area contributed by atoms with Gasteiger partial charge in [-0.2, -0.15) is 17.7 Å². The molecule has 0 aliphatic carbocycles. The van der Waals surface area contributed by atoms with Crippen LogP contribution in [0.2, 0.25) is 0 Å². The Labute approximate surface area is 155 Å².